The highest BCUT2D eigenvalue weighted by Crippen LogP contribution is 2.25. The second kappa shape index (κ2) is 10.4. The lowest BCUT2D eigenvalue weighted by Gasteiger charge is -2.19. The van der Waals surface area contributed by atoms with Gasteiger partial charge >= 0.3 is 0 Å². The van der Waals surface area contributed by atoms with Crippen LogP contribution in [-0.4, -0.2) is 22.9 Å². The molecule has 154 valence electrons. The van der Waals surface area contributed by atoms with Gasteiger partial charge in [-0.2, -0.15) is 0 Å². The van der Waals surface area contributed by atoms with Gasteiger partial charge in [-0.3, -0.25) is 9.59 Å². The van der Waals surface area contributed by atoms with Crippen LogP contribution in [0.2, 0.25) is 0 Å². The van der Waals surface area contributed by atoms with Gasteiger partial charge in [0.15, 0.2) is 0 Å². The minimum Gasteiger partial charge on any atom is -0.474 e. The molecule has 1 fully saturated rings. The average Bonchev–Trinajstić information content (AvgIpc) is 3.20. The van der Waals surface area contributed by atoms with Crippen LogP contribution < -0.4 is 15.4 Å². The van der Waals surface area contributed by atoms with E-state index < -0.39 is 0 Å². The van der Waals surface area contributed by atoms with E-state index in [-0.39, 0.29) is 30.4 Å². The molecule has 6 nitrogen and oxygen atoms in total. The molecule has 3 rings (SSSR count). The monoisotopic (exact) mass is 459 g/mol. The molecule has 1 unspecified atom stereocenters. The van der Waals surface area contributed by atoms with Crippen LogP contribution in [0.5, 0.6) is 5.88 Å². The van der Waals surface area contributed by atoms with Gasteiger partial charge in [-0.1, -0.05) is 34.1 Å². The van der Waals surface area contributed by atoms with E-state index in [9.17, 15) is 9.59 Å². The van der Waals surface area contributed by atoms with Gasteiger partial charge in [0.2, 0.25) is 17.7 Å². The first-order valence-electron chi connectivity index (χ1n) is 9.91. The number of aromatic nitrogens is 1. The molecule has 0 aliphatic heterocycles. The number of nitrogens with one attached hydrogen (secondary N) is 2. The van der Waals surface area contributed by atoms with Crippen molar-refractivity contribution >= 4 is 27.7 Å². The fourth-order valence-corrected chi connectivity index (χ4v) is 3.74. The number of hydrogen-bond donors (Lipinski definition) is 2. The highest BCUT2D eigenvalue weighted by molar-refractivity contribution is 9.10. The Balaban J connectivity index is 1.60. The molecule has 1 saturated carbocycles. The Hall–Kier alpha value is -2.41. The number of hydrogen-bond acceptors (Lipinski definition) is 4. The van der Waals surface area contributed by atoms with E-state index in [0.717, 1.165) is 28.4 Å². The van der Waals surface area contributed by atoms with Gasteiger partial charge in [-0.15, -0.1) is 0 Å². The van der Waals surface area contributed by atoms with Crippen LogP contribution in [0.25, 0.3) is 0 Å². The van der Waals surface area contributed by atoms with Crippen LogP contribution in [0.15, 0.2) is 47.1 Å². The Kier molecular flexibility index (Phi) is 7.63. The Morgan fingerprint density at radius 3 is 2.62 bits per heavy atom. The van der Waals surface area contributed by atoms with E-state index >= 15 is 0 Å². The van der Waals surface area contributed by atoms with Crippen molar-refractivity contribution in [3.8, 4) is 5.88 Å². The van der Waals surface area contributed by atoms with Gasteiger partial charge in [0.05, 0.1) is 12.5 Å². The molecule has 29 heavy (non-hydrogen) atoms. The quantitative estimate of drug-likeness (QED) is 0.623. The summed E-state index contributed by atoms with van der Waals surface area (Å²) in [5.41, 5.74) is 1.73. The van der Waals surface area contributed by atoms with Crippen molar-refractivity contribution in [2.24, 2.45) is 0 Å². The van der Waals surface area contributed by atoms with Crippen molar-refractivity contribution in [2.45, 2.75) is 57.7 Å². The summed E-state index contributed by atoms with van der Waals surface area (Å²) in [6, 6.07) is 10.9. The number of carbonyl (C=O) groups is 2. The summed E-state index contributed by atoms with van der Waals surface area (Å²) in [6.45, 7) is 1.79. The molecular weight excluding hydrogens is 434 g/mol. The normalized spacial score (nSPS) is 15.0. The van der Waals surface area contributed by atoms with E-state index in [4.69, 9.17) is 4.74 Å². The zero-order chi connectivity index (χ0) is 20.6. The second-order valence-electron chi connectivity index (χ2n) is 7.28. The fourth-order valence-electron chi connectivity index (χ4n) is 3.47. The first-order chi connectivity index (χ1) is 14.0. The maximum absolute atomic E-state index is 12.6. The van der Waals surface area contributed by atoms with Crippen molar-refractivity contribution in [2.75, 3.05) is 0 Å². The Morgan fingerprint density at radius 1 is 1.21 bits per heavy atom. The smallest absolute Gasteiger partial charge is 0.222 e. The van der Waals surface area contributed by atoms with Crippen LogP contribution in [-0.2, 0) is 16.1 Å². The average molecular weight is 460 g/mol. The van der Waals surface area contributed by atoms with Gasteiger partial charge in [-0.05, 0) is 49.4 Å². The van der Waals surface area contributed by atoms with Crippen molar-refractivity contribution in [1.29, 1.82) is 0 Å². The molecule has 2 N–H and O–H groups in total. The van der Waals surface area contributed by atoms with Crippen molar-refractivity contribution in [3.63, 3.8) is 0 Å². The number of amides is 2. The molecule has 0 spiro atoms. The lowest BCUT2D eigenvalue weighted by Crippen LogP contribution is -2.32. The molecule has 0 radical (unpaired) electrons. The molecule has 0 saturated heterocycles. The third-order valence-electron chi connectivity index (χ3n) is 4.95. The van der Waals surface area contributed by atoms with Crippen molar-refractivity contribution in [1.82, 2.24) is 15.6 Å². The summed E-state index contributed by atoms with van der Waals surface area (Å²) in [4.78, 5) is 28.5. The third-order valence-corrected chi connectivity index (χ3v) is 5.47. The van der Waals surface area contributed by atoms with Crippen LogP contribution in [0, 0.1) is 0 Å². The SMILES string of the molecule is CC(=O)NC(CC(=O)NCc1cccnc1OC1CCCC1)c1ccc(Br)cc1. The number of halogens is 1. The molecule has 0 bridgehead atoms. The van der Waals surface area contributed by atoms with Gasteiger partial charge in [0.25, 0.3) is 0 Å². The first kappa shape index (κ1) is 21.3. The van der Waals surface area contributed by atoms with E-state index in [1.54, 1.807) is 6.20 Å². The minimum absolute atomic E-state index is 0.151. The zero-order valence-corrected chi connectivity index (χ0v) is 18.1. The van der Waals surface area contributed by atoms with Crippen molar-refractivity contribution < 1.29 is 14.3 Å². The van der Waals surface area contributed by atoms with Crippen LogP contribution in [0.4, 0.5) is 0 Å². The molecule has 1 aliphatic rings. The Bertz CT molecular complexity index is 835. The largest absolute Gasteiger partial charge is 0.474 e. The molecule has 1 heterocycles. The van der Waals surface area contributed by atoms with Gasteiger partial charge in [-0.25, -0.2) is 4.98 Å². The van der Waals surface area contributed by atoms with Crippen molar-refractivity contribution in [3.05, 3.63) is 58.2 Å². The second-order valence-corrected chi connectivity index (χ2v) is 8.19. The van der Waals surface area contributed by atoms with E-state index in [1.807, 2.05) is 36.4 Å². The number of benzene rings is 1. The molecule has 1 atom stereocenters. The highest BCUT2D eigenvalue weighted by Gasteiger charge is 2.20. The summed E-state index contributed by atoms with van der Waals surface area (Å²) in [7, 11) is 0. The molecule has 1 aliphatic carbocycles. The summed E-state index contributed by atoms with van der Waals surface area (Å²) in [6.07, 6.45) is 6.54. The lowest BCUT2D eigenvalue weighted by atomic mass is 10.0. The zero-order valence-electron chi connectivity index (χ0n) is 16.5. The topological polar surface area (TPSA) is 80.3 Å². The number of rotatable bonds is 8. The molecular formula is C22H26BrN3O3. The Morgan fingerprint density at radius 2 is 1.93 bits per heavy atom. The predicted octanol–water partition coefficient (Wildman–Crippen LogP) is 4.05. The number of nitrogens with zero attached hydrogens (tertiary/aromatic N) is 1. The maximum atomic E-state index is 12.6. The van der Waals surface area contributed by atoms with E-state index in [2.05, 4.69) is 31.5 Å². The van der Waals surface area contributed by atoms with Gasteiger partial charge < -0.3 is 15.4 Å². The summed E-state index contributed by atoms with van der Waals surface area (Å²) < 4.78 is 6.97. The first-order valence-corrected chi connectivity index (χ1v) is 10.7. The summed E-state index contributed by atoms with van der Waals surface area (Å²) in [5, 5.41) is 5.78. The third kappa shape index (κ3) is 6.56. The molecule has 2 aromatic rings. The number of carbonyl (C=O) groups excluding carboxylic acids is 2. The fraction of sp³-hybridized carbons (Fsp3) is 0.409. The van der Waals surface area contributed by atoms with Crippen LogP contribution in [0.3, 0.4) is 0 Å². The van der Waals surface area contributed by atoms with E-state index in [1.165, 1.54) is 19.8 Å². The highest BCUT2D eigenvalue weighted by atomic mass is 79.9. The molecule has 1 aromatic carbocycles. The number of pyridine rings is 1. The summed E-state index contributed by atoms with van der Waals surface area (Å²) >= 11 is 3.40. The minimum atomic E-state index is -0.385. The van der Waals surface area contributed by atoms with Crippen LogP contribution in [0.1, 0.15) is 56.2 Å². The maximum Gasteiger partial charge on any atom is 0.222 e. The van der Waals surface area contributed by atoms with E-state index in [0.29, 0.717) is 12.4 Å². The lowest BCUT2D eigenvalue weighted by molar-refractivity contribution is -0.122. The standard InChI is InChI=1S/C22H26BrN3O3/c1-15(27)26-20(16-8-10-18(23)11-9-16)13-21(28)25-14-17-5-4-12-24-22(17)29-19-6-2-3-7-19/h4-5,8-12,19-20H,2-3,6-7,13-14H2,1H3,(H,25,28)(H,26,27). The molecule has 1 aromatic heterocycles. The van der Waals surface area contributed by atoms with Gasteiger partial charge in [0, 0.05) is 29.7 Å². The number of ether oxygens (including phenoxy) is 1. The molecule has 2 amide bonds. The Labute approximate surface area is 179 Å². The summed E-state index contributed by atoms with van der Waals surface area (Å²) in [5.74, 6) is 0.263. The predicted molar refractivity (Wildman–Crippen MR) is 114 cm³/mol. The van der Waals surface area contributed by atoms with Crippen LogP contribution >= 0.6 is 15.9 Å². The van der Waals surface area contributed by atoms with Gasteiger partial charge in [0.1, 0.15) is 6.10 Å². The molecule has 7 heteroatoms.